The Morgan fingerprint density at radius 3 is 2.50 bits per heavy atom. The molecule has 1 aliphatic rings. The molecule has 0 saturated heterocycles. The maximum atomic E-state index is 11.8. The molecule has 1 aliphatic heterocycles. The summed E-state index contributed by atoms with van der Waals surface area (Å²) < 4.78 is 5.09. The van der Waals surface area contributed by atoms with Crippen LogP contribution in [0.5, 0.6) is 0 Å². The van der Waals surface area contributed by atoms with Crippen LogP contribution in [0.25, 0.3) is 0 Å². The van der Waals surface area contributed by atoms with Crippen LogP contribution in [-0.2, 0) is 9.53 Å². The van der Waals surface area contributed by atoms with Gasteiger partial charge in [0.15, 0.2) is 0 Å². The Balaban J connectivity index is 1.88. The van der Waals surface area contributed by atoms with Gasteiger partial charge < -0.3 is 10.1 Å². The summed E-state index contributed by atoms with van der Waals surface area (Å²) in [5, 5.41) is 3.51. The molecular formula is C19H21NO2. The van der Waals surface area contributed by atoms with Gasteiger partial charge in [-0.05, 0) is 23.6 Å². The van der Waals surface area contributed by atoms with Crippen LogP contribution in [0.1, 0.15) is 42.0 Å². The Bertz CT molecular complexity index is 639. The zero-order valence-corrected chi connectivity index (χ0v) is 12.8. The number of carbonyl (C=O) groups excluding carboxylic acids is 1. The van der Waals surface area contributed by atoms with Crippen LogP contribution >= 0.6 is 0 Å². The molecule has 1 heterocycles. The van der Waals surface area contributed by atoms with Crippen LogP contribution in [0, 0.1) is 0 Å². The van der Waals surface area contributed by atoms with Gasteiger partial charge in [-0.25, -0.2) is 0 Å². The molecular weight excluding hydrogens is 274 g/mol. The summed E-state index contributed by atoms with van der Waals surface area (Å²) in [5.74, 6) is 0.184. The van der Waals surface area contributed by atoms with E-state index in [9.17, 15) is 4.79 Å². The third kappa shape index (κ3) is 3.04. The highest BCUT2D eigenvalue weighted by Gasteiger charge is 2.28. The first-order chi connectivity index (χ1) is 10.8. The molecule has 0 saturated carbocycles. The highest BCUT2D eigenvalue weighted by Crippen LogP contribution is 2.35. The summed E-state index contributed by atoms with van der Waals surface area (Å²) in [6.45, 7) is 3.11. The molecule has 1 N–H and O–H groups in total. The van der Waals surface area contributed by atoms with E-state index in [1.807, 2.05) is 19.1 Å². The second kappa shape index (κ2) is 6.75. The SMILES string of the molecule is CCOC(=O)CC1NCC(c2ccccc2)c2ccccc21. The summed E-state index contributed by atoms with van der Waals surface area (Å²) in [5.41, 5.74) is 3.81. The Kier molecular flexibility index (Phi) is 4.54. The van der Waals surface area contributed by atoms with Gasteiger partial charge in [0.05, 0.1) is 13.0 Å². The molecule has 3 nitrogen and oxygen atoms in total. The van der Waals surface area contributed by atoms with Gasteiger partial charge in [-0.15, -0.1) is 0 Å². The minimum absolute atomic E-state index is 0.0372. The summed E-state index contributed by atoms with van der Waals surface area (Å²) in [6, 6.07) is 18.9. The molecule has 3 heteroatoms. The van der Waals surface area contributed by atoms with E-state index in [4.69, 9.17) is 4.74 Å². The van der Waals surface area contributed by atoms with Crippen molar-refractivity contribution in [2.75, 3.05) is 13.2 Å². The van der Waals surface area contributed by atoms with Crippen molar-refractivity contribution in [2.24, 2.45) is 0 Å². The Morgan fingerprint density at radius 2 is 1.77 bits per heavy atom. The molecule has 0 amide bonds. The van der Waals surface area contributed by atoms with Crippen molar-refractivity contribution in [1.29, 1.82) is 0 Å². The van der Waals surface area contributed by atoms with Gasteiger partial charge in [0, 0.05) is 18.5 Å². The normalized spacial score (nSPS) is 20.2. The average molecular weight is 295 g/mol. The smallest absolute Gasteiger partial charge is 0.307 e. The molecule has 0 aliphatic carbocycles. The zero-order chi connectivity index (χ0) is 15.4. The van der Waals surface area contributed by atoms with Crippen LogP contribution in [-0.4, -0.2) is 19.1 Å². The van der Waals surface area contributed by atoms with Gasteiger partial charge in [-0.1, -0.05) is 54.6 Å². The van der Waals surface area contributed by atoms with E-state index in [0.717, 1.165) is 6.54 Å². The van der Waals surface area contributed by atoms with Crippen LogP contribution in [0.3, 0.4) is 0 Å². The molecule has 22 heavy (non-hydrogen) atoms. The largest absolute Gasteiger partial charge is 0.466 e. The van der Waals surface area contributed by atoms with Gasteiger partial charge in [0.1, 0.15) is 0 Å². The first kappa shape index (κ1) is 14.8. The van der Waals surface area contributed by atoms with Crippen molar-refractivity contribution in [3.05, 3.63) is 71.3 Å². The monoisotopic (exact) mass is 295 g/mol. The number of hydrogen-bond acceptors (Lipinski definition) is 3. The van der Waals surface area contributed by atoms with Gasteiger partial charge >= 0.3 is 5.97 Å². The van der Waals surface area contributed by atoms with Crippen LogP contribution in [0.4, 0.5) is 0 Å². The maximum Gasteiger partial charge on any atom is 0.307 e. The number of fused-ring (bicyclic) bond motifs is 1. The van der Waals surface area contributed by atoms with Crippen LogP contribution in [0.2, 0.25) is 0 Å². The average Bonchev–Trinajstić information content (AvgIpc) is 2.56. The molecule has 0 radical (unpaired) electrons. The van der Waals surface area contributed by atoms with Crippen molar-refractivity contribution >= 4 is 5.97 Å². The number of benzene rings is 2. The fraction of sp³-hybridized carbons (Fsp3) is 0.316. The second-order valence-electron chi connectivity index (χ2n) is 5.56. The van der Waals surface area contributed by atoms with E-state index in [1.54, 1.807) is 0 Å². The Morgan fingerprint density at radius 1 is 1.09 bits per heavy atom. The molecule has 2 aromatic carbocycles. The van der Waals surface area contributed by atoms with Crippen molar-refractivity contribution in [1.82, 2.24) is 5.32 Å². The second-order valence-corrected chi connectivity index (χ2v) is 5.56. The highest BCUT2D eigenvalue weighted by molar-refractivity contribution is 5.70. The van der Waals surface area contributed by atoms with Crippen LogP contribution < -0.4 is 5.32 Å². The molecule has 2 aromatic rings. The van der Waals surface area contributed by atoms with E-state index >= 15 is 0 Å². The number of hydrogen-bond donors (Lipinski definition) is 1. The van der Waals surface area contributed by atoms with E-state index in [-0.39, 0.29) is 12.0 Å². The molecule has 2 atom stereocenters. The van der Waals surface area contributed by atoms with Gasteiger partial charge in [0.25, 0.3) is 0 Å². The fourth-order valence-corrected chi connectivity index (χ4v) is 3.18. The molecule has 114 valence electrons. The lowest BCUT2D eigenvalue weighted by Crippen LogP contribution is -2.35. The molecule has 0 spiro atoms. The Hall–Kier alpha value is -2.13. The molecule has 0 aromatic heterocycles. The lowest BCUT2D eigenvalue weighted by molar-refractivity contribution is -0.143. The van der Waals surface area contributed by atoms with Gasteiger partial charge in [0.2, 0.25) is 0 Å². The summed E-state index contributed by atoms with van der Waals surface area (Å²) in [4.78, 5) is 11.8. The van der Waals surface area contributed by atoms with E-state index in [1.165, 1.54) is 16.7 Å². The third-order valence-electron chi connectivity index (χ3n) is 4.19. The summed E-state index contributed by atoms with van der Waals surface area (Å²) in [6.07, 6.45) is 0.381. The van der Waals surface area contributed by atoms with E-state index in [0.29, 0.717) is 18.9 Å². The van der Waals surface area contributed by atoms with Crippen molar-refractivity contribution < 1.29 is 9.53 Å². The summed E-state index contributed by atoms with van der Waals surface area (Å²) >= 11 is 0. The lowest BCUT2D eigenvalue weighted by Gasteiger charge is -2.32. The van der Waals surface area contributed by atoms with Gasteiger partial charge in [-0.2, -0.15) is 0 Å². The zero-order valence-electron chi connectivity index (χ0n) is 12.8. The van der Waals surface area contributed by atoms with E-state index in [2.05, 4.69) is 47.8 Å². The van der Waals surface area contributed by atoms with E-state index < -0.39 is 0 Å². The molecule has 3 rings (SSSR count). The van der Waals surface area contributed by atoms with Crippen molar-refractivity contribution in [3.63, 3.8) is 0 Å². The predicted molar refractivity (Wildman–Crippen MR) is 86.7 cm³/mol. The first-order valence-electron chi connectivity index (χ1n) is 7.82. The quantitative estimate of drug-likeness (QED) is 0.878. The predicted octanol–water partition coefficient (Wildman–Crippen LogP) is 3.42. The maximum absolute atomic E-state index is 11.8. The topological polar surface area (TPSA) is 38.3 Å². The summed E-state index contributed by atoms with van der Waals surface area (Å²) in [7, 11) is 0. The minimum Gasteiger partial charge on any atom is -0.466 e. The van der Waals surface area contributed by atoms with Crippen LogP contribution in [0.15, 0.2) is 54.6 Å². The third-order valence-corrected chi connectivity index (χ3v) is 4.19. The lowest BCUT2D eigenvalue weighted by atomic mass is 9.82. The number of ether oxygens (including phenoxy) is 1. The number of esters is 1. The highest BCUT2D eigenvalue weighted by atomic mass is 16.5. The first-order valence-corrected chi connectivity index (χ1v) is 7.82. The number of carbonyl (C=O) groups is 1. The Labute approximate surface area is 131 Å². The molecule has 2 unspecified atom stereocenters. The number of rotatable bonds is 4. The minimum atomic E-state index is -0.145. The van der Waals surface area contributed by atoms with Gasteiger partial charge in [-0.3, -0.25) is 4.79 Å². The standard InChI is InChI=1S/C19H21NO2/c1-2-22-19(21)12-18-16-11-7-6-10-15(16)17(13-20-18)14-8-4-3-5-9-14/h3-11,17-18,20H,2,12-13H2,1H3. The van der Waals surface area contributed by atoms with Crippen molar-refractivity contribution in [3.8, 4) is 0 Å². The fourth-order valence-electron chi connectivity index (χ4n) is 3.18. The van der Waals surface area contributed by atoms with Crippen molar-refractivity contribution in [2.45, 2.75) is 25.3 Å². The molecule has 0 fully saturated rings. The number of nitrogens with one attached hydrogen (secondary N) is 1. The molecule has 0 bridgehead atoms.